The van der Waals surface area contributed by atoms with Crippen LogP contribution in [0.4, 0.5) is 14.5 Å². The van der Waals surface area contributed by atoms with Crippen molar-refractivity contribution >= 4 is 22.5 Å². The number of aliphatic hydroxyl groups is 1. The average Bonchev–Trinajstić information content (AvgIpc) is 3.30. The summed E-state index contributed by atoms with van der Waals surface area (Å²) in [4.78, 5) is 21.7. The number of hydrogen-bond donors (Lipinski definition) is 2. The molecule has 2 N–H and O–H groups in total. The molecule has 0 aliphatic rings. The van der Waals surface area contributed by atoms with Crippen molar-refractivity contribution in [3.63, 3.8) is 0 Å². The van der Waals surface area contributed by atoms with Crippen LogP contribution in [0.3, 0.4) is 0 Å². The highest BCUT2D eigenvalue weighted by Gasteiger charge is 2.22. The number of rotatable bonds is 6. The molecule has 3 aromatic carbocycles. The van der Waals surface area contributed by atoms with Gasteiger partial charge < -0.3 is 15.2 Å². The number of aliphatic hydroxyl groups excluding tert-OH is 1. The SMILES string of the molecule is COc1cccc(F)c1-c1nccc(C(=O)Nc2cc(F)c3c(cnn3C)c2-c2ccccc2CO)n1. The van der Waals surface area contributed by atoms with Gasteiger partial charge in [0, 0.05) is 30.3 Å². The monoisotopic (exact) mass is 501 g/mol. The summed E-state index contributed by atoms with van der Waals surface area (Å²) in [5, 5.41) is 17.3. The second kappa shape index (κ2) is 9.75. The molecule has 0 saturated carbocycles. The number of nitrogens with zero attached hydrogens (tertiary/aromatic N) is 4. The lowest BCUT2D eigenvalue weighted by Gasteiger charge is -2.16. The Bertz CT molecular complexity index is 1650. The second-order valence-electron chi connectivity index (χ2n) is 8.16. The predicted molar refractivity (Wildman–Crippen MR) is 134 cm³/mol. The van der Waals surface area contributed by atoms with Gasteiger partial charge in [0.1, 0.15) is 22.8 Å². The first kappa shape index (κ1) is 24.0. The minimum Gasteiger partial charge on any atom is -0.496 e. The fourth-order valence-electron chi connectivity index (χ4n) is 4.29. The van der Waals surface area contributed by atoms with Crippen LogP contribution in [-0.2, 0) is 13.7 Å². The number of amides is 1. The lowest BCUT2D eigenvalue weighted by molar-refractivity contribution is 0.102. The number of methoxy groups -OCH3 is 1. The zero-order chi connectivity index (χ0) is 26.1. The predicted octanol–water partition coefficient (Wildman–Crippen LogP) is 4.73. The molecule has 0 fully saturated rings. The van der Waals surface area contributed by atoms with Crippen molar-refractivity contribution in [3.8, 4) is 28.3 Å². The van der Waals surface area contributed by atoms with Crippen molar-refractivity contribution in [1.82, 2.24) is 19.7 Å². The standard InChI is InChI=1S/C27H21F2N5O3/c1-34-25-17(13-31-34)23(16-7-4-3-6-15(16)14-35)21(12-19(25)29)33-27(36)20-10-11-30-26(32-20)24-18(28)8-5-9-22(24)37-2/h3-13,35H,14H2,1-2H3,(H,33,36). The highest BCUT2D eigenvalue weighted by molar-refractivity contribution is 6.10. The lowest BCUT2D eigenvalue weighted by atomic mass is 9.95. The van der Waals surface area contributed by atoms with Crippen LogP contribution in [0.2, 0.25) is 0 Å². The first-order valence-electron chi connectivity index (χ1n) is 11.2. The number of hydrogen-bond acceptors (Lipinski definition) is 6. The van der Waals surface area contributed by atoms with E-state index in [4.69, 9.17) is 4.74 Å². The van der Waals surface area contributed by atoms with Gasteiger partial charge in [-0.1, -0.05) is 30.3 Å². The summed E-state index contributed by atoms with van der Waals surface area (Å²) in [6.07, 6.45) is 2.83. The van der Waals surface area contributed by atoms with E-state index in [0.717, 1.165) is 0 Å². The first-order valence-corrected chi connectivity index (χ1v) is 11.2. The second-order valence-corrected chi connectivity index (χ2v) is 8.16. The highest BCUT2D eigenvalue weighted by Crippen LogP contribution is 2.39. The molecule has 5 rings (SSSR count). The molecule has 2 aromatic heterocycles. The fourth-order valence-corrected chi connectivity index (χ4v) is 4.29. The molecular formula is C27H21F2N5O3. The van der Waals surface area contributed by atoms with Crippen LogP contribution in [0, 0.1) is 11.6 Å². The van der Waals surface area contributed by atoms with Crippen LogP contribution < -0.4 is 10.1 Å². The number of halogens is 2. The molecule has 8 nitrogen and oxygen atoms in total. The number of benzene rings is 3. The Morgan fingerprint density at radius 2 is 1.89 bits per heavy atom. The Morgan fingerprint density at radius 3 is 2.68 bits per heavy atom. The van der Waals surface area contributed by atoms with Crippen molar-refractivity contribution in [3.05, 3.63) is 89.9 Å². The number of fused-ring (bicyclic) bond motifs is 1. The molecule has 0 aliphatic carbocycles. The molecule has 0 saturated heterocycles. The molecule has 0 unspecified atom stereocenters. The van der Waals surface area contributed by atoms with E-state index >= 15 is 4.39 Å². The van der Waals surface area contributed by atoms with Gasteiger partial charge in [0.2, 0.25) is 0 Å². The van der Waals surface area contributed by atoms with Crippen molar-refractivity contribution in [2.45, 2.75) is 6.61 Å². The molecule has 0 bridgehead atoms. The van der Waals surface area contributed by atoms with Crippen LogP contribution in [-0.4, -0.2) is 37.9 Å². The van der Waals surface area contributed by atoms with Crippen molar-refractivity contribution in [2.75, 3.05) is 12.4 Å². The van der Waals surface area contributed by atoms with E-state index in [0.29, 0.717) is 22.1 Å². The molecule has 1 amide bonds. The number of aryl methyl sites for hydroxylation is 1. The lowest BCUT2D eigenvalue weighted by Crippen LogP contribution is -2.16. The number of nitrogens with one attached hydrogen (secondary N) is 1. The van der Waals surface area contributed by atoms with E-state index in [9.17, 15) is 14.3 Å². The van der Waals surface area contributed by atoms with Gasteiger partial charge in [0.05, 0.1) is 31.2 Å². The molecule has 2 heterocycles. The molecule has 0 atom stereocenters. The number of carbonyl (C=O) groups is 1. The van der Waals surface area contributed by atoms with Crippen LogP contribution in [0.25, 0.3) is 33.4 Å². The van der Waals surface area contributed by atoms with Gasteiger partial charge in [-0.3, -0.25) is 9.48 Å². The van der Waals surface area contributed by atoms with Crippen LogP contribution in [0.5, 0.6) is 5.75 Å². The van der Waals surface area contributed by atoms with Gasteiger partial charge >= 0.3 is 0 Å². The van der Waals surface area contributed by atoms with E-state index in [1.807, 2.05) is 0 Å². The smallest absolute Gasteiger partial charge is 0.274 e. The summed E-state index contributed by atoms with van der Waals surface area (Å²) in [7, 11) is 3.01. The molecule has 37 heavy (non-hydrogen) atoms. The third-order valence-corrected chi connectivity index (χ3v) is 5.99. The Hall–Kier alpha value is -4.70. The van der Waals surface area contributed by atoms with Crippen molar-refractivity contribution < 1.29 is 23.4 Å². The molecule has 0 spiro atoms. The third kappa shape index (κ3) is 4.27. The quantitative estimate of drug-likeness (QED) is 0.349. The largest absolute Gasteiger partial charge is 0.496 e. The summed E-state index contributed by atoms with van der Waals surface area (Å²) >= 11 is 0. The van der Waals surface area contributed by atoms with E-state index in [2.05, 4.69) is 20.4 Å². The minimum atomic E-state index is -0.663. The zero-order valence-electron chi connectivity index (χ0n) is 19.9. The fraction of sp³-hybridized carbons (Fsp3) is 0.111. The summed E-state index contributed by atoms with van der Waals surface area (Å²) in [6, 6.07) is 13.9. The minimum absolute atomic E-state index is 0.0139. The summed E-state index contributed by atoms with van der Waals surface area (Å²) in [5.41, 5.74) is 2.05. The van der Waals surface area contributed by atoms with Gasteiger partial charge in [-0.15, -0.1) is 0 Å². The zero-order valence-corrected chi connectivity index (χ0v) is 19.9. The first-order chi connectivity index (χ1) is 17.9. The third-order valence-electron chi connectivity index (χ3n) is 5.99. The van der Waals surface area contributed by atoms with Gasteiger partial charge in [-0.05, 0) is 29.3 Å². The van der Waals surface area contributed by atoms with Gasteiger partial charge in [0.25, 0.3) is 5.91 Å². The van der Waals surface area contributed by atoms with E-state index < -0.39 is 17.5 Å². The average molecular weight is 501 g/mol. The number of anilines is 1. The number of carbonyl (C=O) groups excluding carboxylic acids is 1. The molecule has 10 heteroatoms. The van der Waals surface area contributed by atoms with Crippen LogP contribution in [0.1, 0.15) is 16.1 Å². The van der Waals surface area contributed by atoms with Gasteiger partial charge in [-0.2, -0.15) is 5.10 Å². The van der Waals surface area contributed by atoms with Gasteiger partial charge in [0.15, 0.2) is 11.6 Å². The summed E-state index contributed by atoms with van der Waals surface area (Å²) in [5.74, 6) is -1.69. The maximum absolute atomic E-state index is 15.1. The van der Waals surface area contributed by atoms with E-state index in [1.165, 1.54) is 48.5 Å². The van der Waals surface area contributed by atoms with Crippen molar-refractivity contribution in [1.29, 1.82) is 0 Å². The highest BCUT2D eigenvalue weighted by atomic mass is 19.1. The van der Waals surface area contributed by atoms with E-state index in [-0.39, 0.29) is 40.6 Å². The Balaban J connectivity index is 1.62. The summed E-state index contributed by atoms with van der Waals surface area (Å²) < 4.78 is 36.4. The number of ether oxygens (including phenoxy) is 1. The molecule has 5 aromatic rings. The van der Waals surface area contributed by atoms with E-state index in [1.54, 1.807) is 37.4 Å². The van der Waals surface area contributed by atoms with Crippen LogP contribution >= 0.6 is 0 Å². The molecular weight excluding hydrogens is 480 g/mol. The molecule has 0 aliphatic heterocycles. The Morgan fingerprint density at radius 1 is 1.08 bits per heavy atom. The van der Waals surface area contributed by atoms with Crippen LogP contribution in [0.15, 0.2) is 67.0 Å². The normalized spacial score (nSPS) is 11.1. The van der Waals surface area contributed by atoms with Gasteiger partial charge in [-0.25, -0.2) is 18.7 Å². The Labute approximate surface area is 210 Å². The summed E-state index contributed by atoms with van der Waals surface area (Å²) in [6.45, 7) is -0.261. The topological polar surface area (TPSA) is 102 Å². The van der Waals surface area contributed by atoms with Crippen molar-refractivity contribution in [2.24, 2.45) is 7.05 Å². The maximum Gasteiger partial charge on any atom is 0.274 e. The molecule has 0 radical (unpaired) electrons. The Kier molecular flexibility index (Phi) is 6.33. The maximum atomic E-state index is 15.1. The number of aromatic nitrogens is 4. The molecule has 186 valence electrons.